The second-order valence-corrected chi connectivity index (χ2v) is 4.78. The molecule has 0 amide bonds. The summed E-state index contributed by atoms with van der Waals surface area (Å²) in [4.78, 5) is 12.3. The highest BCUT2D eigenvalue weighted by molar-refractivity contribution is 6.11. The Balaban J connectivity index is 2.54. The van der Waals surface area contributed by atoms with Crippen LogP contribution in [0.3, 0.4) is 0 Å². The summed E-state index contributed by atoms with van der Waals surface area (Å²) in [6, 6.07) is 11.5. The minimum absolute atomic E-state index is 0.0132. The lowest BCUT2D eigenvalue weighted by Crippen LogP contribution is -2.03. The third-order valence-electron chi connectivity index (χ3n) is 3.03. The highest BCUT2D eigenvalue weighted by Gasteiger charge is 2.19. The fourth-order valence-electron chi connectivity index (χ4n) is 2.00. The van der Waals surface area contributed by atoms with Gasteiger partial charge in [-0.25, -0.2) is 0 Å². The SMILES string of the molecule is CC(C)c1cc(O)cc(C(=O)c2ccccc2)c1O. The number of hydrogen-bond donors (Lipinski definition) is 2. The van der Waals surface area contributed by atoms with Gasteiger partial charge in [-0.3, -0.25) is 4.79 Å². The van der Waals surface area contributed by atoms with Crippen LogP contribution in [0.15, 0.2) is 42.5 Å². The second-order valence-electron chi connectivity index (χ2n) is 4.78. The normalized spacial score (nSPS) is 10.7. The summed E-state index contributed by atoms with van der Waals surface area (Å²) in [5.74, 6) is -0.340. The summed E-state index contributed by atoms with van der Waals surface area (Å²) in [5, 5.41) is 19.9. The van der Waals surface area contributed by atoms with E-state index in [4.69, 9.17) is 0 Å². The zero-order valence-electron chi connectivity index (χ0n) is 10.9. The van der Waals surface area contributed by atoms with Crippen molar-refractivity contribution in [2.24, 2.45) is 0 Å². The maximum absolute atomic E-state index is 12.3. The smallest absolute Gasteiger partial charge is 0.196 e. The summed E-state index contributed by atoms with van der Waals surface area (Å²) in [6.45, 7) is 3.79. The van der Waals surface area contributed by atoms with Gasteiger partial charge in [0.1, 0.15) is 11.5 Å². The Morgan fingerprint density at radius 1 is 1.05 bits per heavy atom. The van der Waals surface area contributed by atoms with Crippen molar-refractivity contribution >= 4 is 5.78 Å². The van der Waals surface area contributed by atoms with Crippen LogP contribution in [0.25, 0.3) is 0 Å². The summed E-state index contributed by atoms with van der Waals surface area (Å²) >= 11 is 0. The monoisotopic (exact) mass is 256 g/mol. The van der Waals surface area contributed by atoms with Crippen LogP contribution in [0, 0.1) is 0 Å². The van der Waals surface area contributed by atoms with Crippen LogP contribution in [0.1, 0.15) is 41.3 Å². The highest BCUT2D eigenvalue weighted by Crippen LogP contribution is 2.34. The second kappa shape index (κ2) is 5.14. The molecule has 0 aliphatic carbocycles. The molecule has 0 radical (unpaired) electrons. The van der Waals surface area contributed by atoms with Gasteiger partial charge in [-0.15, -0.1) is 0 Å². The number of ketones is 1. The summed E-state index contributed by atoms with van der Waals surface area (Å²) < 4.78 is 0. The van der Waals surface area contributed by atoms with Crippen LogP contribution < -0.4 is 0 Å². The van der Waals surface area contributed by atoms with Crippen molar-refractivity contribution in [3.05, 3.63) is 59.2 Å². The summed E-state index contributed by atoms with van der Waals surface area (Å²) in [7, 11) is 0. The van der Waals surface area contributed by atoms with Crippen LogP contribution in [0.5, 0.6) is 11.5 Å². The van der Waals surface area contributed by atoms with Crippen LogP contribution in [0.4, 0.5) is 0 Å². The van der Waals surface area contributed by atoms with E-state index < -0.39 is 0 Å². The zero-order chi connectivity index (χ0) is 14.0. The molecule has 0 unspecified atom stereocenters. The fraction of sp³-hybridized carbons (Fsp3) is 0.188. The van der Waals surface area contributed by atoms with Crippen molar-refractivity contribution in [3.8, 4) is 11.5 Å². The van der Waals surface area contributed by atoms with E-state index in [-0.39, 0.29) is 28.8 Å². The number of carbonyl (C=O) groups excluding carboxylic acids is 1. The number of benzene rings is 2. The third kappa shape index (κ3) is 2.60. The molecule has 98 valence electrons. The molecular weight excluding hydrogens is 240 g/mol. The van der Waals surface area contributed by atoms with Crippen molar-refractivity contribution < 1.29 is 15.0 Å². The van der Waals surface area contributed by atoms with Crippen LogP contribution >= 0.6 is 0 Å². The van der Waals surface area contributed by atoms with Gasteiger partial charge in [0, 0.05) is 11.1 Å². The van der Waals surface area contributed by atoms with Crippen molar-refractivity contribution in [1.82, 2.24) is 0 Å². The molecule has 0 aliphatic heterocycles. The molecule has 0 heterocycles. The van der Waals surface area contributed by atoms with Crippen molar-refractivity contribution in [2.45, 2.75) is 19.8 Å². The summed E-state index contributed by atoms with van der Waals surface area (Å²) in [6.07, 6.45) is 0. The van der Waals surface area contributed by atoms with E-state index in [1.807, 2.05) is 19.9 Å². The zero-order valence-corrected chi connectivity index (χ0v) is 10.9. The van der Waals surface area contributed by atoms with E-state index in [0.717, 1.165) is 0 Å². The van der Waals surface area contributed by atoms with Gasteiger partial charge >= 0.3 is 0 Å². The lowest BCUT2D eigenvalue weighted by Gasteiger charge is -2.12. The molecule has 0 fully saturated rings. The first-order valence-electron chi connectivity index (χ1n) is 6.16. The molecule has 0 aromatic heterocycles. The number of aromatic hydroxyl groups is 2. The Hall–Kier alpha value is -2.29. The maximum Gasteiger partial charge on any atom is 0.196 e. The van der Waals surface area contributed by atoms with E-state index in [1.54, 1.807) is 24.3 Å². The van der Waals surface area contributed by atoms with E-state index in [9.17, 15) is 15.0 Å². The Labute approximate surface area is 112 Å². The molecule has 0 saturated heterocycles. The van der Waals surface area contributed by atoms with E-state index in [2.05, 4.69) is 0 Å². The lowest BCUT2D eigenvalue weighted by molar-refractivity contribution is 0.103. The average molecular weight is 256 g/mol. The number of phenols is 2. The van der Waals surface area contributed by atoms with Gasteiger partial charge in [0.25, 0.3) is 0 Å². The first kappa shape index (κ1) is 13.1. The summed E-state index contributed by atoms with van der Waals surface area (Å²) in [5.41, 5.74) is 1.19. The van der Waals surface area contributed by atoms with Crippen LogP contribution in [0.2, 0.25) is 0 Å². The lowest BCUT2D eigenvalue weighted by atomic mass is 9.94. The van der Waals surface area contributed by atoms with E-state index in [0.29, 0.717) is 11.1 Å². The number of carbonyl (C=O) groups is 1. The van der Waals surface area contributed by atoms with Gasteiger partial charge in [0.2, 0.25) is 0 Å². The largest absolute Gasteiger partial charge is 0.508 e. The van der Waals surface area contributed by atoms with Crippen molar-refractivity contribution in [1.29, 1.82) is 0 Å². The molecule has 3 heteroatoms. The van der Waals surface area contributed by atoms with Gasteiger partial charge in [0.05, 0.1) is 5.56 Å². The van der Waals surface area contributed by atoms with E-state index >= 15 is 0 Å². The molecule has 2 aromatic rings. The molecule has 19 heavy (non-hydrogen) atoms. The molecule has 0 saturated carbocycles. The number of rotatable bonds is 3. The fourth-order valence-corrected chi connectivity index (χ4v) is 2.00. The minimum Gasteiger partial charge on any atom is -0.508 e. The molecule has 0 atom stereocenters. The molecule has 0 bridgehead atoms. The highest BCUT2D eigenvalue weighted by atomic mass is 16.3. The Morgan fingerprint density at radius 3 is 2.26 bits per heavy atom. The first-order valence-corrected chi connectivity index (χ1v) is 6.16. The minimum atomic E-state index is -0.295. The van der Waals surface area contributed by atoms with Crippen molar-refractivity contribution in [2.75, 3.05) is 0 Å². The molecule has 0 spiro atoms. The molecule has 0 aliphatic rings. The van der Waals surface area contributed by atoms with Crippen molar-refractivity contribution in [3.63, 3.8) is 0 Å². The average Bonchev–Trinajstić information content (AvgIpc) is 2.41. The predicted molar refractivity (Wildman–Crippen MR) is 73.7 cm³/mol. The van der Waals surface area contributed by atoms with Gasteiger partial charge in [-0.1, -0.05) is 44.2 Å². The van der Waals surface area contributed by atoms with Gasteiger partial charge < -0.3 is 10.2 Å². The Bertz CT molecular complexity index is 601. The predicted octanol–water partition coefficient (Wildman–Crippen LogP) is 3.45. The standard InChI is InChI=1S/C16H16O3/c1-10(2)13-8-12(17)9-14(16(13)19)15(18)11-6-4-3-5-7-11/h3-10,17,19H,1-2H3. The van der Waals surface area contributed by atoms with Gasteiger partial charge in [-0.05, 0) is 18.1 Å². The molecule has 2 rings (SSSR count). The number of hydrogen-bond acceptors (Lipinski definition) is 3. The first-order chi connectivity index (χ1) is 9.00. The van der Waals surface area contributed by atoms with E-state index in [1.165, 1.54) is 12.1 Å². The Kier molecular flexibility index (Phi) is 3.56. The maximum atomic E-state index is 12.3. The molecule has 3 nitrogen and oxygen atoms in total. The Morgan fingerprint density at radius 2 is 1.68 bits per heavy atom. The topological polar surface area (TPSA) is 57.5 Å². The molecule has 2 aromatic carbocycles. The van der Waals surface area contributed by atoms with Crippen LogP contribution in [-0.2, 0) is 0 Å². The molecular formula is C16H16O3. The van der Waals surface area contributed by atoms with Crippen LogP contribution in [-0.4, -0.2) is 16.0 Å². The molecule has 2 N–H and O–H groups in total. The third-order valence-corrected chi connectivity index (χ3v) is 3.03. The number of phenolic OH excluding ortho intramolecular Hbond substituents is 2. The quantitative estimate of drug-likeness (QED) is 0.653. The van der Waals surface area contributed by atoms with Gasteiger partial charge in [0.15, 0.2) is 5.78 Å². The van der Waals surface area contributed by atoms with Gasteiger partial charge in [-0.2, -0.15) is 0 Å².